The highest BCUT2D eigenvalue weighted by Crippen LogP contribution is 2.37. The Morgan fingerprint density at radius 3 is 2.52 bits per heavy atom. The van der Waals surface area contributed by atoms with Gasteiger partial charge in [-0.25, -0.2) is 9.78 Å². The van der Waals surface area contributed by atoms with E-state index in [1.807, 2.05) is 0 Å². The van der Waals surface area contributed by atoms with E-state index < -0.39 is 5.95 Å². The van der Waals surface area contributed by atoms with Gasteiger partial charge in [-0.05, 0) is 18.2 Å². The summed E-state index contributed by atoms with van der Waals surface area (Å²) in [4.78, 5) is 29.4. The molecule has 0 saturated carbocycles. The van der Waals surface area contributed by atoms with Crippen molar-refractivity contribution in [1.82, 2.24) is 14.8 Å². The second-order valence-electron chi connectivity index (χ2n) is 6.00. The molecule has 0 unspecified atom stereocenters. The first kappa shape index (κ1) is 20.4. The molecule has 1 aromatic carbocycles. The van der Waals surface area contributed by atoms with Gasteiger partial charge in [0, 0.05) is 32.3 Å². The number of hydrogen-bond acceptors (Lipinski definition) is 5. The Bertz CT molecular complexity index is 860. The van der Waals surface area contributed by atoms with Crippen molar-refractivity contribution in [3.05, 3.63) is 40.9 Å². The molecule has 9 heteroatoms. The van der Waals surface area contributed by atoms with Gasteiger partial charge in [-0.1, -0.05) is 17.7 Å². The van der Waals surface area contributed by atoms with Crippen LogP contribution in [0.1, 0.15) is 5.69 Å². The number of nitrogens with two attached hydrogens (primary N) is 1. The lowest BCUT2D eigenvalue weighted by Crippen LogP contribution is -2.40. The van der Waals surface area contributed by atoms with Gasteiger partial charge in [0.25, 0.3) is 0 Å². The second kappa shape index (κ2) is 8.68. The van der Waals surface area contributed by atoms with Gasteiger partial charge in [0.1, 0.15) is 6.29 Å². The van der Waals surface area contributed by atoms with Crippen LogP contribution in [0.3, 0.4) is 0 Å². The fourth-order valence-corrected chi connectivity index (χ4v) is 2.83. The molecule has 0 atom stereocenters. The van der Waals surface area contributed by atoms with Crippen LogP contribution in [-0.4, -0.2) is 54.8 Å². The molecule has 27 heavy (non-hydrogen) atoms. The number of anilines is 2. The minimum absolute atomic E-state index is 0.00150. The summed E-state index contributed by atoms with van der Waals surface area (Å²) in [5.74, 6) is -0.741. The third-order valence-corrected chi connectivity index (χ3v) is 4.35. The van der Waals surface area contributed by atoms with E-state index in [2.05, 4.69) is 10.3 Å². The summed E-state index contributed by atoms with van der Waals surface area (Å²) in [6.45, 7) is -0.114. The number of nitrogens with zero attached hydrogens (tertiary/aromatic N) is 3. The van der Waals surface area contributed by atoms with Crippen LogP contribution in [0.15, 0.2) is 24.3 Å². The van der Waals surface area contributed by atoms with Crippen LogP contribution in [-0.2, 0) is 11.3 Å². The van der Waals surface area contributed by atoms with Gasteiger partial charge in [-0.3, -0.25) is 0 Å². The highest BCUT2D eigenvalue weighted by atomic mass is 35.5. The van der Waals surface area contributed by atoms with Gasteiger partial charge in [0.05, 0.1) is 35.2 Å². The second-order valence-corrected chi connectivity index (χ2v) is 6.38. The Morgan fingerprint density at radius 1 is 1.30 bits per heavy atom. The Kier molecular flexibility index (Phi) is 6.57. The Balaban J connectivity index is 2.34. The first-order chi connectivity index (χ1) is 12.8. The number of nitrogen functional groups attached to an aromatic ring is 1. The Labute approximate surface area is 161 Å². The molecular formula is C18H21ClFN5O2. The number of carbonyl (C=O) groups is 2. The Morgan fingerprint density at radius 2 is 1.96 bits per heavy atom. The lowest BCUT2D eigenvalue weighted by atomic mass is 10.0. The maximum Gasteiger partial charge on any atom is 0.320 e. The number of amides is 2. The van der Waals surface area contributed by atoms with Gasteiger partial charge < -0.3 is 25.6 Å². The number of halogens is 2. The van der Waals surface area contributed by atoms with Gasteiger partial charge >= 0.3 is 6.03 Å². The molecule has 0 fully saturated rings. The fourth-order valence-electron chi connectivity index (χ4n) is 2.56. The van der Waals surface area contributed by atoms with Crippen molar-refractivity contribution in [2.24, 2.45) is 0 Å². The summed E-state index contributed by atoms with van der Waals surface area (Å²) < 4.78 is 14.6. The predicted molar refractivity (Wildman–Crippen MR) is 104 cm³/mol. The normalized spacial score (nSPS) is 10.4. The van der Waals surface area contributed by atoms with Crippen LogP contribution in [0.5, 0.6) is 0 Å². The topological polar surface area (TPSA) is 91.6 Å². The lowest BCUT2D eigenvalue weighted by molar-refractivity contribution is -0.108. The zero-order valence-corrected chi connectivity index (χ0v) is 16.0. The zero-order valence-electron chi connectivity index (χ0n) is 15.3. The van der Waals surface area contributed by atoms with E-state index in [-0.39, 0.29) is 29.7 Å². The Hall–Kier alpha value is -2.87. The predicted octanol–water partition coefficient (Wildman–Crippen LogP) is 2.85. The average molecular weight is 394 g/mol. The molecule has 0 aliphatic heterocycles. The summed E-state index contributed by atoms with van der Waals surface area (Å²) in [7, 11) is 4.84. The number of pyridine rings is 1. The summed E-state index contributed by atoms with van der Waals surface area (Å²) >= 11 is 6.27. The first-order valence-electron chi connectivity index (χ1n) is 8.11. The SMILES string of the molecule is CNc1ccc(-c2ccc(CN(CC=O)C(=O)N(C)C)nc2F)c(Cl)c1N. The van der Waals surface area contributed by atoms with Crippen LogP contribution in [0.2, 0.25) is 5.02 Å². The molecule has 144 valence electrons. The molecule has 0 aliphatic carbocycles. The number of benzene rings is 1. The van der Waals surface area contributed by atoms with Crippen LogP contribution in [0.25, 0.3) is 11.1 Å². The molecule has 0 spiro atoms. The van der Waals surface area contributed by atoms with E-state index in [4.69, 9.17) is 17.3 Å². The molecule has 0 bridgehead atoms. The lowest BCUT2D eigenvalue weighted by Gasteiger charge is -2.24. The smallest absolute Gasteiger partial charge is 0.320 e. The van der Waals surface area contributed by atoms with E-state index >= 15 is 0 Å². The quantitative estimate of drug-likeness (QED) is 0.447. The van der Waals surface area contributed by atoms with Crippen molar-refractivity contribution in [2.75, 3.05) is 38.7 Å². The van der Waals surface area contributed by atoms with Gasteiger partial charge in [-0.15, -0.1) is 0 Å². The third kappa shape index (κ3) is 4.46. The van der Waals surface area contributed by atoms with E-state index in [0.717, 1.165) is 0 Å². The monoisotopic (exact) mass is 393 g/mol. The van der Waals surface area contributed by atoms with E-state index in [9.17, 15) is 14.0 Å². The molecule has 1 aromatic heterocycles. The number of urea groups is 1. The highest BCUT2D eigenvalue weighted by Gasteiger charge is 2.18. The van der Waals surface area contributed by atoms with Crippen LogP contribution >= 0.6 is 11.6 Å². The maximum absolute atomic E-state index is 14.6. The largest absolute Gasteiger partial charge is 0.396 e. The summed E-state index contributed by atoms with van der Waals surface area (Å²) in [5, 5.41) is 3.13. The molecule has 0 saturated heterocycles. The van der Waals surface area contributed by atoms with Crippen LogP contribution in [0.4, 0.5) is 20.6 Å². The minimum atomic E-state index is -0.741. The van der Waals surface area contributed by atoms with Crippen LogP contribution in [0, 0.1) is 5.95 Å². The molecule has 2 amide bonds. The summed E-state index contributed by atoms with van der Waals surface area (Å²) in [6.07, 6.45) is 0.609. The fraction of sp³-hybridized carbons (Fsp3) is 0.278. The molecule has 2 aromatic rings. The van der Waals surface area contributed by atoms with Gasteiger partial charge in [0.2, 0.25) is 5.95 Å². The molecule has 0 radical (unpaired) electrons. The summed E-state index contributed by atoms with van der Waals surface area (Å²) in [6, 6.07) is 6.09. The first-order valence-corrected chi connectivity index (χ1v) is 8.49. The van der Waals surface area contributed by atoms with Crippen molar-refractivity contribution in [3.8, 4) is 11.1 Å². The van der Waals surface area contributed by atoms with Crippen molar-refractivity contribution in [1.29, 1.82) is 0 Å². The van der Waals surface area contributed by atoms with Crippen LogP contribution < -0.4 is 11.1 Å². The average Bonchev–Trinajstić information content (AvgIpc) is 2.63. The summed E-state index contributed by atoms with van der Waals surface area (Å²) in [5.41, 5.74) is 7.82. The number of nitrogens with one attached hydrogen (secondary N) is 1. The minimum Gasteiger partial charge on any atom is -0.396 e. The number of aldehydes is 1. The maximum atomic E-state index is 14.6. The molecule has 3 N–H and O–H groups in total. The standard InChI is InChI=1S/C18H21ClFN5O2/c1-22-14-7-6-12(15(19)16(14)21)13-5-4-11(23-17(13)20)10-25(8-9-26)18(27)24(2)3/h4-7,9,22H,8,10,21H2,1-3H3. The molecular weight excluding hydrogens is 373 g/mol. The van der Waals surface area contributed by atoms with Crippen molar-refractivity contribution in [3.63, 3.8) is 0 Å². The van der Waals surface area contributed by atoms with Crippen molar-refractivity contribution >= 4 is 35.3 Å². The molecule has 0 aliphatic rings. The van der Waals surface area contributed by atoms with E-state index in [0.29, 0.717) is 28.9 Å². The highest BCUT2D eigenvalue weighted by molar-refractivity contribution is 6.36. The molecule has 2 rings (SSSR count). The molecule has 7 nitrogen and oxygen atoms in total. The third-order valence-electron chi connectivity index (χ3n) is 3.95. The van der Waals surface area contributed by atoms with E-state index in [1.165, 1.54) is 15.9 Å². The number of rotatable bonds is 6. The molecule has 1 heterocycles. The number of aromatic nitrogens is 1. The van der Waals surface area contributed by atoms with E-state index in [1.54, 1.807) is 39.3 Å². The van der Waals surface area contributed by atoms with Gasteiger partial charge in [-0.2, -0.15) is 4.39 Å². The zero-order chi connectivity index (χ0) is 20.1. The number of hydrogen-bond donors (Lipinski definition) is 2. The van der Waals surface area contributed by atoms with Crippen molar-refractivity contribution in [2.45, 2.75) is 6.54 Å². The number of carbonyl (C=O) groups excluding carboxylic acids is 2. The van der Waals surface area contributed by atoms with Gasteiger partial charge in [0.15, 0.2) is 0 Å². The van der Waals surface area contributed by atoms with Crippen molar-refractivity contribution < 1.29 is 14.0 Å².